The van der Waals surface area contributed by atoms with E-state index in [9.17, 15) is 0 Å². The zero-order chi connectivity index (χ0) is 17.5. The van der Waals surface area contributed by atoms with Crippen LogP contribution in [0.5, 0.6) is 0 Å². The van der Waals surface area contributed by atoms with Crippen molar-refractivity contribution >= 4 is 28.0 Å². The molecule has 0 unspecified atom stereocenters. The number of H-pyrrole nitrogens is 1. The van der Waals surface area contributed by atoms with Crippen molar-refractivity contribution in [2.45, 2.75) is 26.2 Å². The first-order valence-electron chi connectivity index (χ1n) is 9.03. The van der Waals surface area contributed by atoms with Crippen molar-refractivity contribution in [3.63, 3.8) is 0 Å². The first kappa shape index (κ1) is 15.3. The molecule has 1 aliphatic heterocycles. The molecule has 1 aromatic carbocycles. The van der Waals surface area contributed by atoms with Gasteiger partial charge in [0, 0.05) is 19.5 Å². The van der Waals surface area contributed by atoms with E-state index in [0.29, 0.717) is 11.6 Å². The molecule has 3 aromatic heterocycles. The predicted molar refractivity (Wildman–Crippen MR) is 99.1 cm³/mol. The quantitative estimate of drug-likeness (QED) is 0.612. The van der Waals surface area contributed by atoms with E-state index in [1.54, 1.807) is 6.33 Å². The maximum absolute atomic E-state index is 5.29. The fourth-order valence-electron chi connectivity index (χ4n) is 3.94. The number of aryl methyl sites for hydroxylation is 1. The zero-order valence-corrected chi connectivity index (χ0v) is 14.6. The standard InChI is InChI=1S/C19H20N6O/c1-12-17-18(20-11-21-19(17)26-24-12)25-8-4-5-13(10-25)9-16-22-14-6-2-3-7-15(14)23-16/h2-3,6-7,11,13H,4-5,8-10H2,1H3,(H,22,23)/t13-/m0/s1. The van der Waals surface area contributed by atoms with Gasteiger partial charge >= 0.3 is 0 Å². The Kier molecular flexibility index (Phi) is 3.58. The average Bonchev–Trinajstić information content (AvgIpc) is 3.25. The third kappa shape index (κ3) is 2.60. The SMILES string of the molecule is Cc1noc2ncnc(N3CCC[C@@H](Cc4nc5ccccc5[nH]4)C3)c12. The number of anilines is 1. The Bertz CT molecular complexity index is 1040. The molecule has 7 nitrogen and oxygen atoms in total. The third-order valence-electron chi connectivity index (χ3n) is 5.16. The Labute approximate surface area is 150 Å². The van der Waals surface area contributed by atoms with Crippen molar-refractivity contribution in [3.05, 3.63) is 42.1 Å². The highest BCUT2D eigenvalue weighted by Gasteiger charge is 2.25. The second-order valence-corrected chi connectivity index (χ2v) is 7.00. The summed E-state index contributed by atoms with van der Waals surface area (Å²) in [7, 11) is 0. The van der Waals surface area contributed by atoms with Gasteiger partial charge in [0.25, 0.3) is 5.71 Å². The Morgan fingerprint density at radius 3 is 3.12 bits per heavy atom. The fourth-order valence-corrected chi connectivity index (χ4v) is 3.94. The van der Waals surface area contributed by atoms with Gasteiger partial charge in [0.05, 0.1) is 16.7 Å². The second-order valence-electron chi connectivity index (χ2n) is 7.00. The summed E-state index contributed by atoms with van der Waals surface area (Å²) in [5, 5.41) is 4.97. The molecule has 1 aliphatic rings. The Morgan fingerprint density at radius 2 is 2.19 bits per heavy atom. The number of benzene rings is 1. The molecule has 1 atom stereocenters. The number of imidazole rings is 1. The number of aromatic nitrogens is 5. The lowest BCUT2D eigenvalue weighted by Gasteiger charge is -2.33. The molecular formula is C19H20N6O. The van der Waals surface area contributed by atoms with Crippen LogP contribution < -0.4 is 4.90 Å². The molecule has 0 amide bonds. The number of aromatic amines is 1. The van der Waals surface area contributed by atoms with Gasteiger partial charge in [-0.2, -0.15) is 4.98 Å². The summed E-state index contributed by atoms with van der Waals surface area (Å²) in [4.78, 5) is 19.2. The summed E-state index contributed by atoms with van der Waals surface area (Å²) in [6.45, 7) is 3.88. The number of nitrogens with zero attached hydrogens (tertiary/aromatic N) is 5. The second kappa shape index (κ2) is 6.09. The minimum atomic E-state index is 0.537. The van der Waals surface area contributed by atoms with Crippen LogP contribution in [-0.4, -0.2) is 38.2 Å². The van der Waals surface area contributed by atoms with Crippen molar-refractivity contribution in [2.75, 3.05) is 18.0 Å². The summed E-state index contributed by atoms with van der Waals surface area (Å²) in [5.74, 6) is 2.53. The molecule has 0 radical (unpaired) electrons. The van der Waals surface area contributed by atoms with E-state index in [2.05, 4.69) is 37.1 Å². The predicted octanol–water partition coefficient (Wildman–Crippen LogP) is 3.26. The van der Waals surface area contributed by atoms with Crippen LogP contribution in [0.2, 0.25) is 0 Å². The summed E-state index contributed by atoms with van der Waals surface area (Å²) >= 11 is 0. The minimum Gasteiger partial charge on any atom is -0.356 e. The van der Waals surface area contributed by atoms with Gasteiger partial charge in [-0.25, -0.2) is 9.97 Å². The van der Waals surface area contributed by atoms with E-state index in [-0.39, 0.29) is 0 Å². The van der Waals surface area contributed by atoms with Crippen LogP contribution in [0.1, 0.15) is 24.4 Å². The highest BCUT2D eigenvalue weighted by molar-refractivity contribution is 5.87. The number of nitrogens with one attached hydrogen (secondary N) is 1. The summed E-state index contributed by atoms with van der Waals surface area (Å²) in [6.07, 6.45) is 4.85. The van der Waals surface area contributed by atoms with Crippen LogP contribution in [0.25, 0.3) is 22.1 Å². The van der Waals surface area contributed by atoms with Crippen molar-refractivity contribution in [1.29, 1.82) is 0 Å². The van der Waals surface area contributed by atoms with Gasteiger partial charge in [-0.1, -0.05) is 17.3 Å². The molecule has 7 heteroatoms. The van der Waals surface area contributed by atoms with Crippen LogP contribution in [0.15, 0.2) is 35.1 Å². The molecule has 0 spiro atoms. The van der Waals surface area contributed by atoms with Crippen LogP contribution in [0, 0.1) is 12.8 Å². The van der Waals surface area contributed by atoms with Gasteiger partial charge in [0.15, 0.2) is 0 Å². The van der Waals surface area contributed by atoms with Crippen molar-refractivity contribution in [2.24, 2.45) is 5.92 Å². The van der Waals surface area contributed by atoms with E-state index in [1.165, 1.54) is 6.42 Å². The monoisotopic (exact) mass is 348 g/mol. The normalized spacial score (nSPS) is 18.0. The average molecular weight is 348 g/mol. The van der Waals surface area contributed by atoms with E-state index in [4.69, 9.17) is 9.51 Å². The van der Waals surface area contributed by atoms with Crippen molar-refractivity contribution in [3.8, 4) is 0 Å². The number of para-hydroxylation sites is 2. The van der Waals surface area contributed by atoms with Gasteiger partial charge in [0.1, 0.15) is 23.4 Å². The molecule has 4 heterocycles. The van der Waals surface area contributed by atoms with Crippen LogP contribution in [-0.2, 0) is 6.42 Å². The largest absolute Gasteiger partial charge is 0.356 e. The van der Waals surface area contributed by atoms with Gasteiger partial charge in [-0.05, 0) is 37.8 Å². The highest BCUT2D eigenvalue weighted by atomic mass is 16.5. The first-order chi connectivity index (χ1) is 12.8. The summed E-state index contributed by atoms with van der Waals surface area (Å²) in [6, 6.07) is 8.19. The van der Waals surface area contributed by atoms with E-state index < -0.39 is 0 Å². The van der Waals surface area contributed by atoms with Crippen LogP contribution >= 0.6 is 0 Å². The van der Waals surface area contributed by atoms with Gasteiger partial charge in [-0.3, -0.25) is 0 Å². The molecule has 0 saturated carbocycles. The number of fused-ring (bicyclic) bond motifs is 2. The van der Waals surface area contributed by atoms with Crippen molar-refractivity contribution < 1.29 is 4.52 Å². The summed E-state index contributed by atoms with van der Waals surface area (Å²) < 4.78 is 5.29. The van der Waals surface area contributed by atoms with Gasteiger partial charge in [-0.15, -0.1) is 0 Å². The topological polar surface area (TPSA) is 83.7 Å². The molecule has 1 saturated heterocycles. The van der Waals surface area contributed by atoms with E-state index in [0.717, 1.165) is 59.7 Å². The lowest BCUT2D eigenvalue weighted by molar-refractivity contribution is 0.406. The smallest absolute Gasteiger partial charge is 0.263 e. The highest BCUT2D eigenvalue weighted by Crippen LogP contribution is 2.30. The molecule has 0 bridgehead atoms. The van der Waals surface area contributed by atoms with E-state index >= 15 is 0 Å². The zero-order valence-electron chi connectivity index (χ0n) is 14.6. The maximum Gasteiger partial charge on any atom is 0.263 e. The summed E-state index contributed by atoms with van der Waals surface area (Å²) in [5.41, 5.74) is 3.54. The molecule has 26 heavy (non-hydrogen) atoms. The first-order valence-corrected chi connectivity index (χ1v) is 9.03. The fraction of sp³-hybridized carbons (Fsp3) is 0.368. The minimum absolute atomic E-state index is 0.537. The molecular weight excluding hydrogens is 328 g/mol. The Hall–Kier alpha value is -2.96. The Balaban J connectivity index is 1.40. The van der Waals surface area contributed by atoms with Crippen LogP contribution in [0.3, 0.4) is 0 Å². The third-order valence-corrected chi connectivity index (χ3v) is 5.16. The maximum atomic E-state index is 5.29. The van der Waals surface area contributed by atoms with Gasteiger partial charge in [0.2, 0.25) is 0 Å². The molecule has 4 aromatic rings. The molecule has 5 rings (SSSR count). The number of rotatable bonds is 3. The number of piperidine rings is 1. The lowest BCUT2D eigenvalue weighted by atomic mass is 9.94. The molecule has 1 N–H and O–H groups in total. The Morgan fingerprint density at radius 1 is 1.27 bits per heavy atom. The molecule has 1 fully saturated rings. The lowest BCUT2D eigenvalue weighted by Crippen LogP contribution is -2.37. The van der Waals surface area contributed by atoms with Crippen LogP contribution in [0.4, 0.5) is 5.82 Å². The van der Waals surface area contributed by atoms with E-state index in [1.807, 2.05) is 19.1 Å². The van der Waals surface area contributed by atoms with Crippen molar-refractivity contribution in [1.82, 2.24) is 25.1 Å². The molecule has 0 aliphatic carbocycles. The number of hydrogen-bond donors (Lipinski definition) is 1. The number of hydrogen-bond acceptors (Lipinski definition) is 6. The van der Waals surface area contributed by atoms with Gasteiger partial charge < -0.3 is 14.4 Å². The molecule has 132 valence electrons.